The minimum atomic E-state index is -1.89. The average molecular weight is 1060 g/mol. The average Bonchev–Trinajstić information content (AvgIpc) is 3.27. The lowest BCUT2D eigenvalue weighted by atomic mass is 9.77. The van der Waals surface area contributed by atoms with Gasteiger partial charge in [0.1, 0.15) is 36.0 Å². The van der Waals surface area contributed by atoms with Crippen LogP contribution in [0.4, 0.5) is 0 Å². The maximum atomic E-state index is 14.6. The fraction of sp³-hybridized carbons (Fsp3) is 0.896. The highest BCUT2D eigenvalue weighted by atomic mass is 33.1. The van der Waals surface area contributed by atoms with Crippen LogP contribution in [-0.4, -0.2) is 214 Å². The molecule has 3 heterocycles. The second-order valence-corrected chi connectivity index (χ2v) is 23.5. The number of aliphatic hydroxyl groups is 4. The lowest BCUT2D eigenvalue weighted by Crippen LogP contribution is -2.61. The van der Waals surface area contributed by atoms with E-state index >= 15 is 0 Å². The number of carbonyl (C=O) groups excluding carboxylic acids is 4. The molecule has 3 fully saturated rings. The Hall–Kier alpha value is -2.39. The number of ether oxygens (including phenoxy) is 7. The van der Waals surface area contributed by atoms with Gasteiger partial charge in [0.25, 0.3) is 0 Å². The number of aliphatic carboxylic acids is 1. The number of hydrogen-bond donors (Lipinski definition) is 7. The smallest absolute Gasteiger partial charge is 0.330 e. The molecule has 0 saturated carbocycles. The molecule has 0 aromatic carbocycles. The van der Waals surface area contributed by atoms with Gasteiger partial charge in [0, 0.05) is 57.4 Å². The Labute approximate surface area is 428 Å². The van der Waals surface area contributed by atoms with Crippen LogP contribution in [0.15, 0.2) is 0 Å². The maximum absolute atomic E-state index is 14.6. The molecule has 3 aliphatic rings. The van der Waals surface area contributed by atoms with Gasteiger partial charge in [-0.2, -0.15) is 0 Å². The second-order valence-electron chi connectivity index (χ2n) is 21.0. The number of aliphatic hydroxyl groups excluding tert-OH is 2. The quantitative estimate of drug-likeness (QED) is 0.0623. The molecule has 71 heavy (non-hydrogen) atoms. The highest BCUT2D eigenvalue weighted by Crippen LogP contribution is 2.41. The molecule has 0 unspecified atom stereocenters. The molecule has 20 atom stereocenters. The fourth-order valence-corrected chi connectivity index (χ4v) is 12.4. The Morgan fingerprint density at radius 3 is 2.00 bits per heavy atom. The molecule has 2 amide bonds. The summed E-state index contributed by atoms with van der Waals surface area (Å²) in [4.78, 5) is 68.4. The zero-order valence-corrected chi connectivity index (χ0v) is 46.2. The van der Waals surface area contributed by atoms with Crippen molar-refractivity contribution in [3.63, 3.8) is 0 Å². The molecular formula is C48H86N4O17S2. The summed E-state index contributed by atoms with van der Waals surface area (Å²) in [5.41, 5.74) is -4.77. The van der Waals surface area contributed by atoms with Gasteiger partial charge < -0.3 is 79.1 Å². The second kappa shape index (κ2) is 26.9. The van der Waals surface area contributed by atoms with Gasteiger partial charge in [0.05, 0.1) is 47.6 Å². The lowest BCUT2D eigenvalue weighted by molar-refractivity contribution is -0.319. The van der Waals surface area contributed by atoms with Gasteiger partial charge in [-0.25, -0.2) is 9.59 Å². The topological polar surface area (TPSA) is 282 Å². The first-order chi connectivity index (χ1) is 32.8. The molecule has 0 aliphatic carbocycles. The monoisotopic (exact) mass is 1050 g/mol. The number of amides is 2. The molecule has 7 N–H and O–H groups in total. The zero-order valence-electron chi connectivity index (χ0n) is 44.6. The molecule has 0 aromatic heterocycles. The van der Waals surface area contributed by atoms with E-state index in [4.69, 9.17) is 33.2 Å². The molecule has 3 rings (SSSR count). The third-order valence-corrected chi connectivity index (χ3v) is 16.7. The van der Waals surface area contributed by atoms with Crippen molar-refractivity contribution in [2.24, 2.45) is 17.8 Å². The van der Waals surface area contributed by atoms with E-state index in [-0.39, 0.29) is 36.7 Å². The number of carbonyl (C=O) groups is 5. The summed E-state index contributed by atoms with van der Waals surface area (Å²) in [6.45, 7) is 19.8. The Kier molecular flexibility index (Phi) is 23.8. The van der Waals surface area contributed by atoms with Gasteiger partial charge in [-0.1, -0.05) is 42.4 Å². The summed E-state index contributed by atoms with van der Waals surface area (Å²) in [6, 6.07) is -3.57. The number of carboxylic acid groups (broad SMARTS) is 1. The number of nitrogens with one attached hydrogen (secondary N) is 2. The number of esters is 2. The summed E-state index contributed by atoms with van der Waals surface area (Å²) < 4.78 is 44.8. The van der Waals surface area contributed by atoms with Crippen LogP contribution >= 0.6 is 21.6 Å². The van der Waals surface area contributed by atoms with E-state index in [1.807, 2.05) is 23.6 Å². The van der Waals surface area contributed by atoms with Gasteiger partial charge in [-0.15, -0.1) is 0 Å². The molecular weight excluding hydrogens is 969 g/mol. The fourth-order valence-electron chi connectivity index (χ4n) is 10.1. The van der Waals surface area contributed by atoms with Gasteiger partial charge in [0.2, 0.25) is 11.8 Å². The van der Waals surface area contributed by atoms with Crippen molar-refractivity contribution >= 4 is 51.3 Å². The summed E-state index contributed by atoms with van der Waals surface area (Å²) in [5, 5.41) is 62.2. The molecule has 3 saturated heterocycles. The van der Waals surface area contributed by atoms with E-state index in [9.17, 15) is 49.5 Å². The van der Waals surface area contributed by atoms with Gasteiger partial charge in [0.15, 0.2) is 18.7 Å². The molecule has 0 aromatic rings. The Morgan fingerprint density at radius 2 is 1.46 bits per heavy atom. The minimum Gasteiger partial charge on any atom is -0.480 e. The molecule has 0 spiro atoms. The van der Waals surface area contributed by atoms with E-state index in [1.54, 1.807) is 69.6 Å². The van der Waals surface area contributed by atoms with E-state index in [0.29, 0.717) is 13.0 Å². The number of rotatable bonds is 17. The van der Waals surface area contributed by atoms with E-state index in [0.717, 1.165) is 21.6 Å². The van der Waals surface area contributed by atoms with Gasteiger partial charge in [-0.05, 0) is 94.8 Å². The standard InChI is InChI=1S/C48H86N4O17S2/c1-17-35-48(12,62)39(55)28(6)52(15)21-24(2)19-46(10,61)41(26(4)37(27(5)43(59)66-35)67-36-20-47(11,63-16)40(56)29(7)65-36)69-45-38(34(51(13)14)18-25(3)64-45)68-44(60)33(50-31(9)54)23-71-70-22-32(42(57)58)49-30(8)53/h24-29,32-41,45,55-56,61-62H,17-23H2,1-16H3,(H,49,53)(H,50,54)(H,57,58)/t24-,25-,26+,27-,28-,29+,32+,33+,34+,35-,36+,37+,38-,39-,40+,41-,45+,46-,47-,48-/m1/s1. The van der Waals surface area contributed by atoms with Crippen molar-refractivity contribution in [3.05, 3.63) is 0 Å². The normalized spacial score (nSPS) is 40.1. The van der Waals surface area contributed by atoms with Crippen molar-refractivity contribution < 1.29 is 82.7 Å². The first-order valence-corrected chi connectivity index (χ1v) is 27.1. The van der Waals surface area contributed by atoms with Crippen LogP contribution in [-0.2, 0) is 57.1 Å². The minimum absolute atomic E-state index is 0.0369. The molecule has 412 valence electrons. The van der Waals surface area contributed by atoms with Crippen molar-refractivity contribution in [2.45, 2.75) is 211 Å². The predicted octanol–water partition coefficient (Wildman–Crippen LogP) is 1.93. The van der Waals surface area contributed by atoms with Crippen molar-refractivity contribution in [2.75, 3.05) is 46.3 Å². The van der Waals surface area contributed by atoms with E-state index in [2.05, 4.69) is 10.6 Å². The van der Waals surface area contributed by atoms with Crippen LogP contribution in [0.25, 0.3) is 0 Å². The number of hydrogen-bond acceptors (Lipinski definition) is 20. The molecule has 23 heteroatoms. The highest BCUT2D eigenvalue weighted by Gasteiger charge is 2.53. The lowest BCUT2D eigenvalue weighted by Gasteiger charge is -2.49. The van der Waals surface area contributed by atoms with Crippen LogP contribution in [0.3, 0.4) is 0 Å². The number of cyclic esters (lactones) is 1. The zero-order chi connectivity index (χ0) is 54.1. The number of carboxylic acids is 1. The first-order valence-electron chi connectivity index (χ1n) is 24.6. The SMILES string of the molecule is CC[C@H]1OC(=O)[C@H](C)[C@@H](O[C@H]2C[C@@](C)(OC)[C@@H](O)[C@H](C)O2)[C@H](C)[C@@H](O[C@@H]2O[C@H](C)C[C@H](N(C)C)[C@H]2OC(=O)[C@H](CSSC[C@H](NC(C)=O)C(=O)O)NC(C)=O)[C@](C)(O)C[C@@H](C)CN(C)[C@H](C)[C@@H](O)[C@]1(C)O. The van der Waals surface area contributed by atoms with Crippen LogP contribution in [0.2, 0.25) is 0 Å². The summed E-state index contributed by atoms with van der Waals surface area (Å²) in [7, 11) is 9.06. The van der Waals surface area contributed by atoms with Crippen molar-refractivity contribution in [1.82, 2.24) is 20.4 Å². The Balaban J connectivity index is 2.19. The Bertz CT molecular complexity index is 1770. The van der Waals surface area contributed by atoms with Gasteiger partial charge in [-0.3, -0.25) is 14.4 Å². The molecule has 0 radical (unpaired) electrons. The van der Waals surface area contributed by atoms with Gasteiger partial charge >= 0.3 is 17.9 Å². The van der Waals surface area contributed by atoms with Crippen LogP contribution < -0.4 is 10.6 Å². The molecule has 21 nitrogen and oxygen atoms in total. The summed E-state index contributed by atoms with van der Waals surface area (Å²) >= 11 is 0. The third-order valence-electron chi connectivity index (χ3n) is 14.3. The predicted molar refractivity (Wildman–Crippen MR) is 266 cm³/mol. The Morgan fingerprint density at radius 1 is 0.887 bits per heavy atom. The highest BCUT2D eigenvalue weighted by molar-refractivity contribution is 8.76. The van der Waals surface area contributed by atoms with E-state index in [1.165, 1.54) is 27.9 Å². The first kappa shape index (κ1) is 62.9. The largest absolute Gasteiger partial charge is 0.480 e. The molecule has 0 bridgehead atoms. The third kappa shape index (κ3) is 16.8. The number of likely N-dealkylation sites (N-methyl/N-ethyl adjacent to an activating group) is 2. The van der Waals surface area contributed by atoms with Crippen molar-refractivity contribution in [1.29, 1.82) is 0 Å². The number of methoxy groups -OCH3 is 1. The van der Waals surface area contributed by atoms with Crippen LogP contribution in [0, 0.1) is 17.8 Å². The van der Waals surface area contributed by atoms with E-state index < -0.39 is 144 Å². The summed E-state index contributed by atoms with van der Waals surface area (Å²) in [5.74, 6) is -6.35. The molecule has 3 aliphatic heterocycles. The maximum Gasteiger partial charge on any atom is 0.330 e. The van der Waals surface area contributed by atoms with Crippen LogP contribution in [0.1, 0.15) is 109 Å². The van der Waals surface area contributed by atoms with Crippen molar-refractivity contribution in [3.8, 4) is 0 Å². The summed E-state index contributed by atoms with van der Waals surface area (Å²) in [6.07, 6.45) is -10.2. The van der Waals surface area contributed by atoms with Crippen LogP contribution in [0.5, 0.6) is 0 Å². The number of nitrogens with zero attached hydrogens (tertiary/aromatic N) is 2.